The molecule has 1 N–H and O–H groups in total. The van der Waals surface area contributed by atoms with Crippen molar-refractivity contribution >= 4 is 5.91 Å². The SMILES string of the molecule is CC(C)c1noc(CCC(=O)NCc2cccc(-c3ccccn3)c2)n1. The molecule has 2 aromatic heterocycles. The Morgan fingerprint density at radius 2 is 2.08 bits per heavy atom. The minimum atomic E-state index is -0.0439. The zero-order valence-electron chi connectivity index (χ0n) is 15.0. The van der Waals surface area contributed by atoms with Crippen LogP contribution >= 0.6 is 0 Å². The molecule has 6 nitrogen and oxygen atoms in total. The molecule has 1 aromatic carbocycles. The van der Waals surface area contributed by atoms with Gasteiger partial charge in [-0.05, 0) is 23.8 Å². The summed E-state index contributed by atoms with van der Waals surface area (Å²) in [6.07, 6.45) is 2.53. The Hall–Kier alpha value is -3.02. The standard InChI is InChI=1S/C20H22N4O2/c1-14(2)20-23-19(26-24-20)10-9-18(25)22-13-15-6-5-7-16(12-15)17-8-3-4-11-21-17/h3-8,11-12,14H,9-10,13H2,1-2H3,(H,22,25). The van der Waals surface area contributed by atoms with Crippen molar-refractivity contribution in [2.24, 2.45) is 0 Å². The molecule has 26 heavy (non-hydrogen) atoms. The van der Waals surface area contributed by atoms with Gasteiger partial charge in [0.1, 0.15) is 0 Å². The van der Waals surface area contributed by atoms with Crippen molar-refractivity contribution in [3.05, 3.63) is 65.9 Å². The molecule has 0 aliphatic rings. The van der Waals surface area contributed by atoms with Crippen molar-refractivity contribution in [3.63, 3.8) is 0 Å². The van der Waals surface area contributed by atoms with Crippen molar-refractivity contribution in [3.8, 4) is 11.3 Å². The highest BCUT2D eigenvalue weighted by Crippen LogP contribution is 2.17. The predicted molar refractivity (Wildman–Crippen MR) is 98.2 cm³/mol. The fraction of sp³-hybridized carbons (Fsp3) is 0.300. The number of hydrogen-bond acceptors (Lipinski definition) is 5. The minimum Gasteiger partial charge on any atom is -0.352 e. The monoisotopic (exact) mass is 350 g/mol. The van der Waals surface area contributed by atoms with E-state index in [2.05, 4.69) is 20.4 Å². The van der Waals surface area contributed by atoms with Gasteiger partial charge in [-0.15, -0.1) is 0 Å². The van der Waals surface area contributed by atoms with Gasteiger partial charge in [0.25, 0.3) is 0 Å². The van der Waals surface area contributed by atoms with Gasteiger partial charge < -0.3 is 9.84 Å². The van der Waals surface area contributed by atoms with Gasteiger partial charge in [0.05, 0.1) is 5.69 Å². The third-order valence-corrected chi connectivity index (χ3v) is 3.94. The van der Waals surface area contributed by atoms with Crippen LogP contribution in [0.5, 0.6) is 0 Å². The average molecular weight is 350 g/mol. The molecule has 0 radical (unpaired) electrons. The summed E-state index contributed by atoms with van der Waals surface area (Å²) in [7, 11) is 0. The fourth-order valence-corrected chi connectivity index (χ4v) is 2.49. The maximum Gasteiger partial charge on any atom is 0.227 e. The van der Waals surface area contributed by atoms with Gasteiger partial charge >= 0.3 is 0 Å². The first-order valence-corrected chi connectivity index (χ1v) is 8.71. The Morgan fingerprint density at radius 1 is 1.19 bits per heavy atom. The lowest BCUT2D eigenvalue weighted by molar-refractivity contribution is -0.121. The highest BCUT2D eigenvalue weighted by Gasteiger charge is 2.11. The number of rotatable bonds is 7. The molecule has 2 heterocycles. The molecule has 134 valence electrons. The van der Waals surface area contributed by atoms with Crippen LogP contribution in [0.2, 0.25) is 0 Å². The highest BCUT2D eigenvalue weighted by molar-refractivity contribution is 5.76. The molecule has 0 bridgehead atoms. The van der Waals surface area contributed by atoms with E-state index in [1.165, 1.54) is 0 Å². The Morgan fingerprint density at radius 3 is 2.81 bits per heavy atom. The summed E-state index contributed by atoms with van der Waals surface area (Å²) in [6, 6.07) is 13.8. The lowest BCUT2D eigenvalue weighted by Crippen LogP contribution is -2.23. The topological polar surface area (TPSA) is 80.9 Å². The lowest BCUT2D eigenvalue weighted by atomic mass is 10.1. The van der Waals surface area contributed by atoms with E-state index in [1.807, 2.05) is 56.3 Å². The molecule has 0 aliphatic heterocycles. The number of aromatic nitrogens is 3. The van der Waals surface area contributed by atoms with E-state index in [-0.39, 0.29) is 11.8 Å². The Bertz CT molecular complexity index is 859. The predicted octanol–water partition coefficient (Wildman–Crippen LogP) is 3.50. The molecule has 0 saturated heterocycles. The second-order valence-corrected chi connectivity index (χ2v) is 6.39. The molecule has 1 amide bonds. The second-order valence-electron chi connectivity index (χ2n) is 6.39. The van der Waals surface area contributed by atoms with Gasteiger partial charge in [0.15, 0.2) is 5.82 Å². The quantitative estimate of drug-likeness (QED) is 0.705. The van der Waals surface area contributed by atoms with Crippen molar-refractivity contribution in [2.45, 2.75) is 39.2 Å². The van der Waals surface area contributed by atoms with E-state index in [0.29, 0.717) is 31.1 Å². The summed E-state index contributed by atoms with van der Waals surface area (Å²) >= 11 is 0. The molecule has 6 heteroatoms. The van der Waals surface area contributed by atoms with Crippen LogP contribution in [-0.2, 0) is 17.8 Å². The smallest absolute Gasteiger partial charge is 0.227 e. The number of hydrogen-bond donors (Lipinski definition) is 1. The van der Waals surface area contributed by atoms with Crippen LogP contribution in [0.1, 0.15) is 43.5 Å². The number of aryl methyl sites for hydroxylation is 1. The molecule has 0 aliphatic carbocycles. The van der Waals surface area contributed by atoms with Gasteiger partial charge in [-0.2, -0.15) is 4.98 Å². The van der Waals surface area contributed by atoms with Crippen molar-refractivity contribution in [2.75, 3.05) is 0 Å². The summed E-state index contributed by atoms with van der Waals surface area (Å²) < 4.78 is 5.16. The lowest BCUT2D eigenvalue weighted by Gasteiger charge is -2.07. The number of pyridine rings is 1. The van der Waals surface area contributed by atoms with E-state index < -0.39 is 0 Å². The maximum absolute atomic E-state index is 12.1. The minimum absolute atomic E-state index is 0.0439. The first-order valence-electron chi connectivity index (χ1n) is 8.71. The van der Waals surface area contributed by atoms with Gasteiger partial charge in [-0.1, -0.05) is 43.3 Å². The highest BCUT2D eigenvalue weighted by atomic mass is 16.5. The summed E-state index contributed by atoms with van der Waals surface area (Å²) in [4.78, 5) is 20.7. The summed E-state index contributed by atoms with van der Waals surface area (Å²) in [6.45, 7) is 4.47. The third kappa shape index (κ3) is 4.75. The van der Waals surface area contributed by atoms with Crippen LogP contribution in [0, 0.1) is 0 Å². The Labute approximate surface area is 152 Å². The third-order valence-electron chi connectivity index (χ3n) is 3.94. The van der Waals surface area contributed by atoms with Crippen LogP contribution in [0.15, 0.2) is 53.2 Å². The first-order chi connectivity index (χ1) is 12.6. The number of carbonyl (C=O) groups excluding carboxylic acids is 1. The van der Waals surface area contributed by atoms with Gasteiger partial charge in [0, 0.05) is 37.1 Å². The number of nitrogens with one attached hydrogen (secondary N) is 1. The first kappa shape index (κ1) is 17.8. The largest absolute Gasteiger partial charge is 0.352 e. The summed E-state index contributed by atoms with van der Waals surface area (Å²) in [5.41, 5.74) is 2.98. The van der Waals surface area contributed by atoms with Crippen molar-refractivity contribution < 1.29 is 9.32 Å². The van der Waals surface area contributed by atoms with E-state index in [0.717, 1.165) is 16.8 Å². The average Bonchev–Trinajstić information content (AvgIpc) is 3.15. The molecule has 3 aromatic rings. The van der Waals surface area contributed by atoms with E-state index >= 15 is 0 Å². The summed E-state index contributed by atoms with van der Waals surface area (Å²) in [5, 5.41) is 6.83. The number of amides is 1. The molecule has 0 fully saturated rings. The fourth-order valence-electron chi connectivity index (χ4n) is 2.49. The number of carbonyl (C=O) groups is 1. The van der Waals surface area contributed by atoms with Crippen molar-refractivity contribution in [1.82, 2.24) is 20.4 Å². The van der Waals surface area contributed by atoms with E-state index in [4.69, 9.17) is 4.52 Å². The van der Waals surface area contributed by atoms with Crippen LogP contribution < -0.4 is 5.32 Å². The molecule has 0 atom stereocenters. The normalized spacial score (nSPS) is 10.9. The van der Waals surface area contributed by atoms with Crippen LogP contribution in [0.25, 0.3) is 11.3 Å². The maximum atomic E-state index is 12.1. The molecule has 0 unspecified atom stereocenters. The Balaban J connectivity index is 1.51. The van der Waals surface area contributed by atoms with Crippen LogP contribution in [0.4, 0.5) is 0 Å². The van der Waals surface area contributed by atoms with Crippen LogP contribution in [0.3, 0.4) is 0 Å². The number of benzene rings is 1. The molecular formula is C20H22N4O2. The van der Waals surface area contributed by atoms with Gasteiger partial charge in [-0.3, -0.25) is 9.78 Å². The van der Waals surface area contributed by atoms with Crippen molar-refractivity contribution in [1.29, 1.82) is 0 Å². The molecular weight excluding hydrogens is 328 g/mol. The molecule has 3 rings (SSSR count). The molecule has 0 spiro atoms. The zero-order valence-corrected chi connectivity index (χ0v) is 15.0. The second kappa shape index (κ2) is 8.38. The van der Waals surface area contributed by atoms with Gasteiger partial charge in [-0.25, -0.2) is 0 Å². The van der Waals surface area contributed by atoms with E-state index in [1.54, 1.807) is 6.20 Å². The molecule has 0 saturated carbocycles. The summed E-state index contributed by atoms with van der Waals surface area (Å²) in [5.74, 6) is 1.35. The zero-order chi connectivity index (χ0) is 18.4. The number of nitrogens with zero attached hydrogens (tertiary/aromatic N) is 3. The van der Waals surface area contributed by atoms with E-state index in [9.17, 15) is 4.79 Å². The Kier molecular flexibility index (Phi) is 5.73. The van der Waals surface area contributed by atoms with Crippen LogP contribution in [-0.4, -0.2) is 21.0 Å². The van der Waals surface area contributed by atoms with Gasteiger partial charge in [0.2, 0.25) is 11.8 Å².